The van der Waals surface area contributed by atoms with Gasteiger partial charge in [-0.05, 0) is 25.2 Å². The summed E-state index contributed by atoms with van der Waals surface area (Å²) in [6.45, 7) is 4.08. The van der Waals surface area contributed by atoms with Crippen LogP contribution in [0, 0.1) is 11.3 Å². The molecule has 5 nitrogen and oxygen atoms in total. The number of aryl methyl sites for hydroxylation is 1. The standard InChI is InChI=1S/C17H19N3O2S/c1-10(2)13-9-23-17(19-13)12(8-18)16(21)15-11-6-4-3-5-7-14(11)22-20-15/h9-10,12H,3-7H2,1-2H3. The highest BCUT2D eigenvalue weighted by Crippen LogP contribution is 2.30. The van der Waals surface area contributed by atoms with Crippen molar-refractivity contribution < 1.29 is 9.32 Å². The van der Waals surface area contributed by atoms with Crippen molar-refractivity contribution in [1.29, 1.82) is 5.26 Å². The Morgan fingerprint density at radius 1 is 1.35 bits per heavy atom. The molecule has 0 fully saturated rings. The van der Waals surface area contributed by atoms with Crippen molar-refractivity contribution in [2.45, 2.75) is 57.8 Å². The summed E-state index contributed by atoms with van der Waals surface area (Å²) in [5, 5.41) is 15.9. The topological polar surface area (TPSA) is 79.8 Å². The van der Waals surface area contributed by atoms with E-state index in [9.17, 15) is 10.1 Å². The van der Waals surface area contributed by atoms with Crippen LogP contribution >= 0.6 is 11.3 Å². The highest BCUT2D eigenvalue weighted by Gasteiger charge is 2.31. The van der Waals surface area contributed by atoms with E-state index in [1.54, 1.807) is 0 Å². The second kappa shape index (κ2) is 6.63. The highest BCUT2D eigenvalue weighted by molar-refractivity contribution is 7.10. The zero-order chi connectivity index (χ0) is 16.4. The van der Waals surface area contributed by atoms with E-state index in [1.807, 2.05) is 19.2 Å². The quantitative estimate of drug-likeness (QED) is 0.625. The molecule has 1 aliphatic rings. The summed E-state index contributed by atoms with van der Waals surface area (Å²) in [6.07, 6.45) is 4.83. The van der Waals surface area contributed by atoms with Crippen molar-refractivity contribution >= 4 is 17.1 Å². The molecule has 23 heavy (non-hydrogen) atoms. The molecule has 0 aliphatic heterocycles. The Hall–Kier alpha value is -2.00. The van der Waals surface area contributed by atoms with Crippen molar-refractivity contribution in [3.05, 3.63) is 33.1 Å². The van der Waals surface area contributed by atoms with Gasteiger partial charge in [-0.3, -0.25) is 4.79 Å². The Kier molecular flexibility index (Phi) is 4.58. The van der Waals surface area contributed by atoms with Crippen LogP contribution in [0.25, 0.3) is 0 Å². The van der Waals surface area contributed by atoms with Crippen molar-refractivity contribution in [2.24, 2.45) is 0 Å². The number of rotatable bonds is 4. The van der Waals surface area contributed by atoms with Crippen molar-refractivity contribution in [1.82, 2.24) is 10.1 Å². The summed E-state index contributed by atoms with van der Waals surface area (Å²) >= 11 is 1.36. The first-order valence-electron chi connectivity index (χ1n) is 7.98. The van der Waals surface area contributed by atoms with Gasteiger partial charge in [0.2, 0.25) is 5.78 Å². The van der Waals surface area contributed by atoms with Crippen molar-refractivity contribution in [3.63, 3.8) is 0 Å². The third kappa shape index (κ3) is 3.06. The van der Waals surface area contributed by atoms with Gasteiger partial charge < -0.3 is 4.52 Å². The Bertz CT molecular complexity index is 754. The molecule has 1 atom stereocenters. The second-order valence-corrected chi connectivity index (χ2v) is 7.07. The van der Waals surface area contributed by atoms with E-state index >= 15 is 0 Å². The normalized spacial score (nSPS) is 15.7. The summed E-state index contributed by atoms with van der Waals surface area (Å²) in [7, 11) is 0. The van der Waals surface area contributed by atoms with Crippen LogP contribution in [0.4, 0.5) is 0 Å². The SMILES string of the molecule is CC(C)c1csc(C(C#N)C(=O)c2noc3c2CCCCC3)n1. The molecule has 3 rings (SSSR count). The minimum atomic E-state index is -0.898. The summed E-state index contributed by atoms with van der Waals surface area (Å²) in [5.41, 5.74) is 2.14. The van der Waals surface area contributed by atoms with Crippen LogP contribution in [0.2, 0.25) is 0 Å². The zero-order valence-corrected chi connectivity index (χ0v) is 14.2. The largest absolute Gasteiger partial charge is 0.360 e. The van der Waals surface area contributed by atoms with E-state index in [2.05, 4.69) is 16.2 Å². The van der Waals surface area contributed by atoms with E-state index in [0.717, 1.165) is 49.1 Å². The van der Waals surface area contributed by atoms with Gasteiger partial charge in [-0.2, -0.15) is 5.26 Å². The first-order valence-corrected chi connectivity index (χ1v) is 8.86. The number of Topliss-reactive ketones (excluding diaryl/α,β-unsaturated/α-hetero) is 1. The maximum absolute atomic E-state index is 12.8. The average Bonchev–Trinajstić information content (AvgIpc) is 3.10. The highest BCUT2D eigenvalue weighted by atomic mass is 32.1. The molecule has 0 saturated heterocycles. The number of nitriles is 1. The lowest BCUT2D eigenvalue weighted by molar-refractivity contribution is 0.0969. The maximum atomic E-state index is 12.8. The number of hydrogen-bond donors (Lipinski definition) is 0. The molecule has 0 amide bonds. The Labute approximate surface area is 139 Å². The molecular weight excluding hydrogens is 310 g/mol. The number of carbonyl (C=O) groups excluding carboxylic acids is 1. The molecular formula is C17H19N3O2S. The monoisotopic (exact) mass is 329 g/mol. The fraction of sp³-hybridized carbons (Fsp3) is 0.529. The molecule has 2 heterocycles. The lowest BCUT2D eigenvalue weighted by atomic mass is 9.98. The average molecular weight is 329 g/mol. The predicted molar refractivity (Wildman–Crippen MR) is 86.6 cm³/mol. The minimum absolute atomic E-state index is 0.276. The summed E-state index contributed by atoms with van der Waals surface area (Å²) in [5.74, 6) is -0.101. The van der Waals surface area contributed by atoms with Gasteiger partial charge in [0.15, 0.2) is 11.6 Å². The molecule has 0 bridgehead atoms. The van der Waals surface area contributed by atoms with E-state index in [0.29, 0.717) is 10.7 Å². The predicted octanol–water partition coefficient (Wildman–Crippen LogP) is 4.01. The van der Waals surface area contributed by atoms with Crippen LogP contribution in [-0.4, -0.2) is 15.9 Å². The van der Waals surface area contributed by atoms with Gasteiger partial charge >= 0.3 is 0 Å². The van der Waals surface area contributed by atoms with Crippen LogP contribution in [0.5, 0.6) is 0 Å². The summed E-state index contributed by atoms with van der Waals surface area (Å²) in [6, 6.07) is 2.10. The molecule has 0 N–H and O–H groups in total. The molecule has 0 radical (unpaired) electrons. The van der Waals surface area contributed by atoms with E-state index < -0.39 is 5.92 Å². The van der Waals surface area contributed by atoms with Crippen LogP contribution in [0.3, 0.4) is 0 Å². The number of fused-ring (bicyclic) bond motifs is 1. The van der Waals surface area contributed by atoms with Gasteiger partial charge in [-0.15, -0.1) is 11.3 Å². The molecule has 0 saturated carbocycles. The van der Waals surface area contributed by atoms with Gasteiger partial charge in [0.25, 0.3) is 0 Å². The fourth-order valence-corrected chi connectivity index (χ4v) is 3.84. The van der Waals surface area contributed by atoms with E-state index in [-0.39, 0.29) is 11.7 Å². The molecule has 0 spiro atoms. The molecule has 2 aromatic heterocycles. The van der Waals surface area contributed by atoms with Crippen LogP contribution in [-0.2, 0) is 12.8 Å². The Morgan fingerprint density at radius 2 is 2.13 bits per heavy atom. The zero-order valence-electron chi connectivity index (χ0n) is 13.3. The van der Waals surface area contributed by atoms with Crippen molar-refractivity contribution in [3.8, 4) is 6.07 Å². The number of aromatic nitrogens is 2. The number of nitrogens with zero attached hydrogens (tertiary/aromatic N) is 3. The van der Waals surface area contributed by atoms with Gasteiger partial charge in [0.1, 0.15) is 10.8 Å². The smallest absolute Gasteiger partial charge is 0.209 e. The van der Waals surface area contributed by atoms with Crippen molar-refractivity contribution in [2.75, 3.05) is 0 Å². The summed E-state index contributed by atoms with van der Waals surface area (Å²) in [4.78, 5) is 17.3. The van der Waals surface area contributed by atoms with Gasteiger partial charge in [-0.25, -0.2) is 4.98 Å². The Balaban J connectivity index is 1.91. The lowest BCUT2D eigenvalue weighted by Gasteiger charge is -2.05. The number of hydrogen-bond acceptors (Lipinski definition) is 6. The summed E-state index contributed by atoms with van der Waals surface area (Å²) < 4.78 is 5.36. The Morgan fingerprint density at radius 3 is 2.83 bits per heavy atom. The fourth-order valence-electron chi connectivity index (χ4n) is 2.82. The number of thiazole rings is 1. The van der Waals surface area contributed by atoms with Gasteiger partial charge in [-0.1, -0.05) is 25.4 Å². The second-order valence-electron chi connectivity index (χ2n) is 6.19. The van der Waals surface area contributed by atoms with Crippen LogP contribution in [0.15, 0.2) is 9.90 Å². The molecule has 0 aromatic carbocycles. The third-order valence-electron chi connectivity index (χ3n) is 4.20. The lowest BCUT2D eigenvalue weighted by Crippen LogP contribution is -2.14. The first kappa shape index (κ1) is 15.9. The van der Waals surface area contributed by atoms with Gasteiger partial charge in [0, 0.05) is 17.4 Å². The molecule has 1 unspecified atom stereocenters. The third-order valence-corrected chi connectivity index (χ3v) is 5.13. The molecule has 1 aliphatic carbocycles. The van der Waals surface area contributed by atoms with Crippen LogP contribution < -0.4 is 0 Å². The van der Waals surface area contributed by atoms with Crippen LogP contribution in [0.1, 0.15) is 77.5 Å². The maximum Gasteiger partial charge on any atom is 0.209 e. The number of ketones is 1. The van der Waals surface area contributed by atoms with E-state index in [4.69, 9.17) is 4.52 Å². The van der Waals surface area contributed by atoms with E-state index in [1.165, 1.54) is 11.3 Å². The number of carbonyl (C=O) groups is 1. The molecule has 2 aromatic rings. The molecule has 6 heteroatoms. The molecule has 120 valence electrons. The van der Waals surface area contributed by atoms with Gasteiger partial charge in [0.05, 0.1) is 11.8 Å². The first-order chi connectivity index (χ1) is 11.1. The minimum Gasteiger partial charge on any atom is -0.360 e.